The van der Waals surface area contributed by atoms with E-state index in [1.165, 1.54) is 0 Å². The molecule has 2 rings (SSSR count). The van der Waals surface area contributed by atoms with Crippen LogP contribution in [-0.2, 0) is 13.1 Å². The maximum Gasteiger partial charge on any atom is 0.191 e. The van der Waals surface area contributed by atoms with Gasteiger partial charge in [-0.3, -0.25) is 0 Å². The summed E-state index contributed by atoms with van der Waals surface area (Å²) in [6.45, 7) is 5.23. The van der Waals surface area contributed by atoms with Gasteiger partial charge in [0.25, 0.3) is 0 Å². The fourth-order valence-electron chi connectivity index (χ4n) is 1.83. The Kier molecular flexibility index (Phi) is 8.38. The molecule has 1 aromatic heterocycles. The van der Waals surface area contributed by atoms with Crippen molar-refractivity contribution in [1.29, 1.82) is 0 Å². The zero-order valence-electron chi connectivity index (χ0n) is 12.9. The van der Waals surface area contributed by atoms with Gasteiger partial charge in [0.2, 0.25) is 0 Å². The minimum Gasteiger partial charge on any atom is -0.357 e. The van der Waals surface area contributed by atoms with Gasteiger partial charge in [0, 0.05) is 17.0 Å². The van der Waals surface area contributed by atoms with Crippen LogP contribution in [0, 0.1) is 18.6 Å². The normalized spacial score (nSPS) is 11.0. The lowest BCUT2D eigenvalue weighted by Crippen LogP contribution is -2.36. The first-order valence-corrected chi connectivity index (χ1v) is 7.83. The second-order valence-electron chi connectivity index (χ2n) is 4.65. The second-order valence-corrected chi connectivity index (χ2v) is 5.58. The van der Waals surface area contributed by atoms with Crippen LogP contribution in [0.4, 0.5) is 8.78 Å². The first-order chi connectivity index (χ1) is 10.6. The molecule has 8 heteroatoms. The van der Waals surface area contributed by atoms with E-state index in [4.69, 9.17) is 0 Å². The van der Waals surface area contributed by atoms with Crippen molar-refractivity contribution in [3.8, 4) is 0 Å². The summed E-state index contributed by atoms with van der Waals surface area (Å²) in [5.41, 5.74) is 2.99. The average Bonchev–Trinajstić information content (AvgIpc) is 2.90. The van der Waals surface area contributed by atoms with Gasteiger partial charge in [-0.25, -0.2) is 18.8 Å². The quantitative estimate of drug-likeness (QED) is 0.414. The lowest BCUT2D eigenvalue weighted by Gasteiger charge is -2.11. The van der Waals surface area contributed by atoms with Crippen molar-refractivity contribution in [2.24, 2.45) is 4.99 Å². The lowest BCUT2D eigenvalue weighted by molar-refractivity contribution is 0.585. The Hall–Kier alpha value is -1.29. The SMILES string of the molecule is CCNC(=NCc1cc(F)ccc1F)NCc1scnc1C.I. The molecule has 0 radical (unpaired) electrons. The Bertz CT molecular complexity index is 661. The zero-order valence-corrected chi connectivity index (χ0v) is 16.0. The summed E-state index contributed by atoms with van der Waals surface area (Å²) >= 11 is 1.56. The molecule has 2 N–H and O–H groups in total. The molecule has 23 heavy (non-hydrogen) atoms. The van der Waals surface area contributed by atoms with Crippen molar-refractivity contribution in [2.75, 3.05) is 6.54 Å². The highest BCUT2D eigenvalue weighted by molar-refractivity contribution is 14.0. The van der Waals surface area contributed by atoms with Crippen LogP contribution < -0.4 is 10.6 Å². The van der Waals surface area contributed by atoms with Crippen LogP contribution in [0.25, 0.3) is 0 Å². The van der Waals surface area contributed by atoms with E-state index >= 15 is 0 Å². The predicted octanol–water partition coefficient (Wildman–Crippen LogP) is 3.60. The summed E-state index contributed by atoms with van der Waals surface area (Å²) in [6.07, 6.45) is 0. The van der Waals surface area contributed by atoms with Crippen molar-refractivity contribution < 1.29 is 8.78 Å². The first kappa shape index (κ1) is 19.8. The van der Waals surface area contributed by atoms with Crippen molar-refractivity contribution in [3.63, 3.8) is 0 Å². The third-order valence-corrected chi connectivity index (χ3v) is 3.96. The number of aliphatic imine (C=N–C) groups is 1. The highest BCUT2D eigenvalue weighted by atomic mass is 127. The number of nitrogens with one attached hydrogen (secondary N) is 2. The fourth-order valence-corrected chi connectivity index (χ4v) is 2.55. The highest BCUT2D eigenvalue weighted by Gasteiger charge is 2.06. The molecule has 0 saturated heterocycles. The third-order valence-electron chi connectivity index (χ3n) is 3.02. The van der Waals surface area contributed by atoms with Crippen LogP contribution in [-0.4, -0.2) is 17.5 Å². The molecular weight excluding hydrogens is 433 g/mol. The van der Waals surface area contributed by atoms with E-state index in [1.807, 2.05) is 13.8 Å². The van der Waals surface area contributed by atoms with Crippen LogP contribution in [0.5, 0.6) is 0 Å². The van der Waals surface area contributed by atoms with Gasteiger partial charge < -0.3 is 10.6 Å². The molecule has 0 spiro atoms. The Morgan fingerprint density at radius 1 is 1.30 bits per heavy atom. The number of guanidine groups is 1. The Balaban J connectivity index is 0.00000264. The van der Waals surface area contributed by atoms with Crippen LogP contribution in [0.1, 0.15) is 23.1 Å². The molecule has 126 valence electrons. The summed E-state index contributed by atoms with van der Waals surface area (Å²) in [5, 5.41) is 6.24. The van der Waals surface area contributed by atoms with Crippen LogP contribution in [0.2, 0.25) is 0 Å². The number of hydrogen-bond donors (Lipinski definition) is 2. The lowest BCUT2D eigenvalue weighted by atomic mass is 10.2. The molecule has 0 aliphatic rings. The monoisotopic (exact) mass is 452 g/mol. The maximum absolute atomic E-state index is 13.6. The predicted molar refractivity (Wildman–Crippen MR) is 100 cm³/mol. The molecule has 1 aromatic carbocycles. The van der Waals surface area contributed by atoms with Crippen LogP contribution >= 0.6 is 35.3 Å². The number of rotatable bonds is 5. The smallest absolute Gasteiger partial charge is 0.191 e. The Morgan fingerprint density at radius 3 is 2.74 bits per heavy atom. The molecule has 0 bridgehead atoms. The third kappa shape index (κ3) is 6.02. The molecule has 0 unspecified atom stereocenters. The number of benzene rings is 1. The van der Waals surface area contributed by atoms with E-state index in [9.17, 15) is 8.78 Å². The molecule has 0 amide bonds. The van der Waals surface area contributed by atoms with Gasteiger partial charge in [-0.1, -0.05) is 0 Å². The maximum atomic E-state index is 13.6. The summed E-state index contributed by atoms with van der Waals surface area (Å²) in [5.74, 6) is -0.372. The number of aromatic nitrogens is 1. The molecule has 0 aliphatic heterocycles. The largest absolute Gasteiger partial charge is 0.357 e. The topological polar surface area (TPSA) is 49.3 Å². The summed E-state index contributed by atoms with van der Waals surface area (Å²) in [7, 11) is 0. The Morgan fingerprint density at radius 2 is 2.09 bits per heavy atom. The van der Waals surface area contributed by atoms with E-state index in [2.05, 4.69) is 20.6 Å². The van der Waals surface area contributed by atoms with Gasteiger partial charge >= 0.3 is 0 Å². The number of thiazole rings is 1. The van der Waals surface area contributed by atoms with Gasteiger partial charge in [-0.2, -0.15) is 0 Å². The first-order valence-electron chi connectivity index (χ1n) is 6.95. The summed E-state index contributed by atoms with van der Waals surface area (Å²) in [4.78, 5) is 9.58. The molecule has 2 aromatic rings. The van der Waals surface area contributed by atoms with Crippen LogP contribution in [0.3, 0.4) is 0 Å². The number of aryl methyl sites for hydroxylation is 1. The van der Waals surface area contributed by atoms with E-state index in [0.29, 0.717) is 19.0 Å². The van der Waals surface area contributed by atoms with E-state index in [1.54, 1.807) is 16.8 Å². The van der Waals surface area contributed by atoms with Crippen LogP contribution in [0.15, 0.2) is 28.7 Å². The van der Waals surface area contributed by atoms with E-state index < -0.39 is 11.6 Å². The minimum absolute atomic E-state index is 0. The van der Waals surface area contributed by atoms with Crippen molar-refractivity contribution in [1.82, 2.24) is 15.6 Å². The fraction of sp³-hybridized carbons (Fsp3) is 0.333. The van der Waals surface area contributed by atoms with Gasteiger partial charge in [-0.05, 0) is 32.0 Å². The molecule has 0 saturated carbocycles. The molecule has 1 heterocycles. The molecule has 0 fully saturated rings. The average molecular weight is 452 g/mol. The standard InChI is InChI=1S/C15H18F2N4S.HI/c1-3-18-15(20-8-14-10(2)21-9-22-14)19-7-11-6-12(16)4-5-13(11)17;/h4-6,9H,3,7-8H2,1-2H3,(H2,18,19,20);1H. The van der Waals surface area contributed by atoms with E-state index in [-0.39, 0.29) is 36.1 Å². The number of hydrogen-bond acceptors (Lipinski definition) is 3. The zero-order chi connectivity index (χ0) is 15.9. The molecule has 0 atom stereocenters. The number of nitrogens with zero attached hydrogens (tertiary/aromatic N) is 2. The molecule has 4 nitrogen and oxygen atoms in total. The van der Waals surface area contributed by atoms with Gasteiger partial charge in [0.05, 0.1) is 24.3 Å². The van der Waals surface area contributed by atoms with Gasteiger partial charge in [0.15, 0.2) is 5.96 Å². The van der Waals surface area contributed by atoms with Crippen molar-refractivity contribution in [3.05, 3.63) is 51.5 Å². The molecule has 0 aliphatic carbocycles. The number of halogens is 3. The Labute approximate surface area is 155 Å². The minimum atomic E-state index is -0.468. The van der Waals surface area contributed by atoms with Crippen molar-refractivity contribution >= 4 is 41.3 Å². The van der Waals surface area contributed by atoms with Crippen molar-refractivity contribution in [2.45, 2.75) is 26.9 Å². The van der Waals surface area contributed by atoms with Gasteiger partial charge in [-0.15, -0.1) is 35.3 Å². The summed E-state index contributed by atoms with van der Waals surface area (Å²) in [6, 6.07) is 3.37. The van der Waals surface area contributed by atoms with Gasteiger partial charge in [0.1, 0.15) is 11.6 Å². The molecular formula is C15H19F2IN4S. The highest BCUT2D eigenvalue weighted by Crippen LogP contribution is 2.12. The second kappa shape index (κ2) is 9.76. The summed E-state index contributed by atoms with van der Waals surface area (Å²) < 4.78 is 26.7. The van der Waals surface area contributed by atoms with E-state index in [0.717, 1.165) is 28.8 Å².